The molecule has 0 fully saturated rings. The first-order valence-corrected chi connectivity index (χ1v) is 7.87. The zero-order chi connectivity index (χ0) is 29.6. The first-order chi connectivity index (χ1) is 15.0. The van der Waals surface area contributed by atoms with Crippen molar-refractivity contribution >= 4 is 0 Å². The molecule has 212 valence electrons. The quantitative estimate of drug-likeness (QED) is 0.337. The lowest BCUT2D eigenvalue weighted by molar-refractivity contribution is -0.310. The Morgan fingerprint density at radius 1 is 0.629 bits per heavy atom. The van der Waals surface area contributed by atoms with Crippen LogP contribution in [0.15, 0.2) is 23.8 Å². The van der Waals surface area contributed by atoms with Gasteiger partial charge in [-0.25, -0.2) is 26.3 Å². The van der Waals surface area contributed by atoms with Crippen molar-refractivity contribution in [3.63, 3.8) is 0 Å². The molecule has 35 heavy (non-hydrogen) atoms. The number of rotatable bonds is 4. The maximum atomic E-state index is 13.0. The van der Waals surface area contributed by atoms with Crippen LogP contribution in [0.1, 0.15) is 20.8 Å². The number of aliphatic hydroxyl groups excluding tert-OH is 1. The van der Waals surface area contributed by atoms with Gasteiger partial charge in [0.2, 0.25) is 11.5 Å². The molecule has 1 nitrogen and oxygen atoms in total. The molecule has 0 rings (SSSR count). The minimum Gasteiger partial charge on any atom is -0.393 e. The molecule has 0 aromatic carbocycles. The van der Waals surface area contributed by atoms with Gasteiger partial charge in [0.25, 0.3) is 11.3 Å². The zero-order valence-electron chi connectivity index (χ0n) is 16.9. The Bertz CT molecular complexity index is 704. The van der Waals surface area contributed by atoms with Crippen LogP contribution in [0.5, 0.6) is 0 Å². The fourth-order valence-corrected chi connectivity index (χ4v) is 1.19. The van der Waals surface area contributed by atoms with E-state index in [-0.39, 0.29) is 6.92 Å². The van der Waals surface area contributed by atoms with Gasteiger partial charge in [-0.1, -0.05) is 0 Å². The van der Waals surface area contributed by atoms with Crippen LogP contribution >= 0.6 is 0 Å². The standard InChI is InChI=1S/C7H7F9O.C5H3F7.C3H3F3/c1-4(9,6(11,12)13)3(8)5(10,2-17)7(14,15)16;1-4(9,5(10,11)12)2(6)3(7)8;1-2(4)3(5)6/h3,17H,2H2,1H3;1H3;1H3. The molecule has 20 heteroatoms. The van der Waals surface area contributed by atoms with Gasteiger partial charge in [0, 0.05) is 0 Å². The first kappa shape index (κ1) is 37.7. The molecule has 0 spiro atoms. The average Bonchev–Trinajstić information content (AvgIpc) is 2.63. The van der Waals surface area contributed by atoms with E-state index in [1.165, 1.54) is 0 Å². The van der Waals surface area contributed by atoms with E-state index in [2.05, 4.69) is 0 Å². The summed E-state index contributed by atoms with van der Waals surface area (Å²) in [6.07, 6.45) is -28.1. The molecule has 4 unspecified atom stereocenters. The van der Waals surface area contributed by atoms with Crippen molar-refractivity contribution in [2.24, 2.45) is 0 Å². The molecule has 0 aromatic heterocycles. The summed E-state index contributed by atoms with van der Waals surface area (Å²) in [5.41, 5.74) is -15.0. The third-order valence-electron chi connectivity index (χ3n) is 3.50. The van der Waals surface area contributed by atoms with Crippen LogP contribution in [0.25, 0.3) is 0 Å². The molecule has 0 aliphatic carbocycles. The lowest BCUT2D eigenvalue weighted by atomic mass is 9.88. The molecule has 0 bridgehead atoms. The molecule has 1 N–H and O–H groups in total. The fourth-order valence-electron chi connectivity index (χ4n) is 1.19. The minimum absolute atomic E-state index is 0.318. The summed E-state index contributed by atoms with van der Waals surface area (Å²) in [5, 5.41) is 8.05. The fraction of sp³-hybridized carbons (Fsp3) is 0.733. The van der Waals surface area contributed by atoms with Crippen molar-refractivity contribution in [2.45, 2.75) is 62.5 Å². The zero-order valence-corrected chi connectivity index (χ0v) is 16.9. The summed E-state index contributed by atoms with van der Waals surface area (Å²) in [6, 6.07) is 0. The maximum Gasteiger partial charge on any atom is 0.429 e. The number of allylic oxidation sites excluding steroid dienone is 2. The van der Waals surface area contributed by atoms with Crippen LogP contribution in [-0.2, 0) is 0 Å². The summed E-state index contributed by atoms with van der Waals surface area (Å²) in [4.78, 5) is 0. The Hall–Kier alpha value is -1.89. The monoisotopic (exact) mass is 570 g/mol. The Kier molecular flexibility index (Phi) is 13.3. The molecule has 0 amide bonds. The smallest absolute Gasteiger partial charge is 0.393 e. The van der Waals surface area contributed by atoms with E-state index in [9.17, 15) is 83.4 Å². The highest BCUT2D eigenvalue weighted by Crippen LogP contribution is 2.48. The van der Waals surface area contributed by atoms with Crippen LogP contribution in [0.3, 0.4) is 0 Å². The molecule has 0 aromatic rings. The molecule has 0 aliphatic heterocycles. The molecule has 0 radical (unpaired) electrons. The average molecular weight is 570 g/mol. The van der Waals surface area contributed by atoms with Crippen molar-refractivity contribution in [1.82, 2.24) is 0 Å². The lowest BCUT2D eigenvalue weighted by Crippen LogP contribution is -2.62. The molecule has 4 atom stereocenters. The van der Waals surface area contributed by atoms with E-state index in [0.29, 0.717) is 6.92 Å². The van der Waals surface area contributed by atoms with Gasteiger partial charge in [-0.05, 0) is 20.8 Å². The van der Waals surface area contributed by atoms with E-state index in [4.69, 9.17) is 5.11 Å². The predicted octanol–water partition coefficient (Wildman–Crippen LogP) is 8.32. The predicted molar refractivity (Wildman–Crippen MR) is 79.4 cm³/mol. The summed E-state index contributed by atoms with van der Waals surface area (Å²) in [6.45, 7) is -2.85. The van der Waals surface area contributed by atoms with Gasteiger partial charge < -0.3 is 5.11 Å². The molecular weight excluding hydrogens is 557 g/mol. The Balaban J connectivity index is -0.000000493. The third kappa shape index (κ3) is 9.94. The number of halogens is 19. The van der Waals surface area contributed by atoms with Crippen LogP contribution < -0.4 is 0 Å². The van der Waals surface area contributed by atoms with E-state index in [1.54, 1.807) is 0 Å². The van der Waals surface area contributed by atoms with Gasteiger partial charge >= 0.3 is 30.7 Å². The van der Waals surface area contributed by atoms with Crippen LogP contribution in [-0.4, -0.2) is 53.4 Å². The lowest BCUT2D eigenvalue weighted by Gasteiger charge is -2.36. The number of aliphatic hydroxyl groups is 1. The highest BCUT2D eigenvalue weighted by Gasteiger charge is 2.72. The normalized spacial score (nSPS) is 18.3. The second-order valence-electron chi connectivity index (χ2n) is 6.32. The van der Waals surface area contributed by atoms with Crippen LogP contribution in [0, 0.1) is 0 Å². The minimum atomic E-state index is -6.18. The largest absolute Gasteiger partial charge is 0.429 e. The second kappa shape index (κ2) is 12.4. The van der Waals surface area contributed by atoms with E-state index in [0.717, 1.165) is 0 Å². The molecule has 0 saturated carbocycles. The number of hydrogen-bond donors (Lipinski definition) is 1. The van der Waals surface area contributed by atoms with Gasteiger partial charge in [0.05, 0.1) is 6.61 Å². The summed E-state index contributed by atoms with van der Waals surface area (Å²) >= 11 is 0. The van der Waals surface area contributed by atoms with E-state index < -0.39 is 79.1 Å². The summed E-state index contributed by atoms with van der Waals surface area (Å²) < 4.78 is 223. The second-order valence-corrected chi connectivity index (χ2v) is 6.32. The van der Waals surface area contributed by atoms with Crippen molar-refractivity contribution < 1.29 is 88.5 Å². The van der Waals surface area contributed by atoms with Gasteiger partial charge in [-0.15, -0.1) is 0 Å². The van der Waals surface area contributed by atoms with Gasteiger partial charge in [-0.2, -0.15) is 57.1 Å². The molecule has 0 heterocycles. The van der Waals surface area contributed by atoms with Crippen LogP contribution in [0.4, 0.5) is 83.4 Å². The molecule has 0 aliphatic rings. The van der Waals surface area contributed by atoms with Crippen molar-refractivity contribution in [1.29, 1.82) is 0 Å². The number of hydrogen-bond acceptors (Lipinski definition) is 1. The van der Waals surface area contributed by atoms with Crippen molar-refractivity contribution in [2.75, 3.05) is 6.61 Å². The number of alkyl halides is 13. The summed E-state index contributed by atoms with van der Waals surface area (Å²) in [7, 11) is 0. The van der Waals surface area contributed by atoms with E-state index >= 15 is 0 Å². The Morgan fingerprint density at radius 2 is 0.943 bits per heavy atom. The van der Waals surface area contributed by atoms with Gasteiger partial charge in [-0.3, -0.25) is 0 Å². The Labute approximate surface area is 182 Å². The first-order valence-electron chi connectivity index (χ1n) is 7.87. The van der Waals surface area contributed by atoms with Gasteiger partial charge in [0.15, 0.2) is 12.0 Å². The van der Waals surface area contributed by atoms with E-state index in [1.807, 2.05) is 0 Å². The molecular formula is C15H13F19O. The highest BCUT2D eigenvalue weighted by molar-refractivity contribution is 5.11. The third-order valence-corrected chi connectivity index (χ3v) is 3.50. The Morgan fingerprint density at radius 3 is 1.06 bits per heavy atom. The summed E-state index contributed by atoms with van der Waals surface area (Å²) in [5.74, 6) is -4.51. The SMILES string of the molecule is CC(F)(C(F)=C(F)F)C(F)(F)F.CC(F)(C(F)C(F)(CO)C(F)(F)F)C(F)(F)F.CC(F)=C(F)F. The molecule has 0 saturated heterocycles. The van der Waals surface area contributed by atoms with Crippen molar-refractivity contribution in [3.05, 3.63) is 23.8 Å². The maximum absolute atomic E-state index is 13.0. The topological polar surface area (TPSA) is 20.2 Å². The highest BCUT2D eigenvalue weighted by atomic mass is 19.4. The van der Waals surface area contributed by atoms with Gasteiger partial charge in [0.1, 0.15) is 0 Å². The van der Waals surface area contributed by atoms with Crippen LogP contribution in [0.2, 0.25) is 0 Å². The van der Waals surface area contributed by atoms with Crippen molar-refractivity contribution in [3.8, 4) is 0 Å².